The van der Waals surface area contributed by atoms with Gasteiger partial charge in [-0.15, -0.1) is 0 Å². The number of ether oxygens (including phenoxy) is 2. The highest BCUT2D eigenvalue weighted by Gasteiger charge is 2.10. The van der Waals surface area contributed by atoms with Gasteiger partial charge in [-0.25, -0.2) is 0 Å². The Morgan fingerprint density at radius 3 is 2.65 bits per heavy atom. The Kier molecular flexibility index (Phi) is 4.58. The quantitative estimate of drug-likeness (QED) is 0.910. The van der Waals surface area contributed by atoms with Gasteiger partial charge in [0.15, 0.2) is 0 Å². The van der Waals surface area contributed by atoms with Gasteiger partial charge in [0.05, 0.1) is 19.4 Å². The molecule has 0 spiro atoms. The maximum absolute atomic E-state index is 9.27. The van der Waals surface area contributed by atoms with Crippen molar-refractivity contribution in [2.45, 2.75) is 27.1 Å². The van der Waals surface area contributed by atoms with Crippen LogP contribution in [0.15, 0.2) is 30.5 Å². The first kappa shape index (κ1) is 14.3. The highest BCUT2D eigenvalue weighted by Crippen LogP contribution is 2.25. The Labute approximate surface area is 119 Å². The minimum atomic E-state index is -0.0419. The summed E-state index contributed by atoms with van der Waals surface area (Å²) < 4.78 is 11.1. The van der Waals surface area contributed by atoms with E-state index in [2.05, 4.69) is 4.98 Å². The van der Waals surface area contributed by atoms with Gasteiger partial charge < -0.3 is 14.6 Å². The van der Waals surface area contributed by atoms with Gasteiger partial charge >= 0.3 is 0 Å². The van der Waals surface area contributed by atoms with Crippen molar-refractivity contribution in [2.24, 2.45) is 0 Å². The van der Waals surface area contributed by atoms with Crippen LogP contribution in [-0.2, 0) is 13.2 Å². The zero-order chi connectivity index (χ0) is 14.5. The first-order valence-electron chi connectivity index (χ1n) is 6.48. The molecule has 1 heterocycles. The molecule has 1 aromatic heterocycles. The Balaban J connectivity index is 2.19. The summed E-state index contributed by atoms with van der Waals surface area (Å²) in [7, 11) is 1.65. The average Bonchev–Trinajstić information content (AvgIpc) is 2.47. The van der Waals surface area contributed by atoms with Crippen LogP contribution < -0.4 is 9.47 Å². The third kappa shape index (κ3) is 2.91. The number of nitrogens with zero attached hydrogens (tertiary/aromatic N) is 1. The number of aromatic nitrogens is 1. The highest BCUT2D eigenvalue weighted by molar-refractivity contribution is 5.41. The maximum Gasteiger partial charge on any atom is 0.131 e. The molecule has 2 aromatic rings. The molecule has 0 radical (unpaired) electrons. The van der Waals surface area contributed by atoms with Crippen molar-refractivity contribution >= 4 is 0 Å². The van der Waals surface area contributed by atoms with Gasteiger partial charge in [0.25, 0.3) is 0 Å². The predicted octanol–water partition coefficient (Wildman–Crippen LogP) is 2.78. The van der Waals surface area contributed by atoms with E-state index in [4.69, 9.17) is 9.47 Å². The summed E-state index contributed by atoms with van der Waals surface area (Å²) in [5.74, 6) is 1.52. The summed E-state index contributed by atoms with van der Waals surface area (Å²) >= 11 is 0. The molecule has 1 N–H and O–H groups in total. The summed E-state index contributed by atoms with van der Waals surface area (Å²) in [4.78, 5) is 4.39. The van der Waals surface area contributed by atoms with Gasteiger partial charge in [-0.2, -0.15) is 0 Å². The molecular weight excluding hydrogens is 254 g/mol. The van der Waals surface area contributed by atoms with Gasteiger partial charge in [0.1, 0.15) is 18.1 Å². The van der Waals surface area contributed by atoms with Crippen LogP contribution in [-0.4, -0.2) is 17.2 Å². The van der Waals surface area contributed by atoms with E-state index in [9.17, 15) is 5.11 Å². The van der Waals surface area contributed by atoms with E-state index in [0.29, 0.717) is 12.4 Å². The van der Waals surface area contributed by atoms with Crippen LogP contribution in [0.1, 0.15) is 22.4 Å². The van der Waals surface area contributed by atoms with Gasteiger partial charge in [-0.05, 0) is 19.9 Å². The zero-order valence-corrected chi connectivity index (χ0v) is 12.0. The number of hydrogen-bond donors (Lipinski definition) is 1. The van der Waals surface area contributed by atoms with E-state index in [1.54, 1.807) is 13.3 Å². The third-order valence-electron chi connectivity index (χ3n) is 3.26. The molecule has 20 heavy (non-hydrogen) atoms. The van der Waals surface area contributed by atoms with E-state index in [0.717, 1.165) is 28.1 Å². The molecule has 0 aliphatic rings. The van der Waals surface area contributed by atoms with E-state index in [1.165, 1.54) is 0 Å². The van der Waals surface area contributed by atoms with Crippen molar-refractivity contribution in [3.8, 4) is 11.5 Å². The maximum atomic E-state index is 9.27. The SMILES string of the molecule is COc1c(C)cnc(COc2ccccc2CO)c1C. The second-order valence-electron chi connectivity index (χ2n) is 4.60. The molecule has 4 heteroatoms. The van der Waals surface area contributed by atoms with Crippen molar-refractivity contribution in [3.63, 3.8) is 0 Å². The smallest absolute Gasteiger partial charge is 0.131 e. The summed E-state index contributed by atoms with van der Waals surface area (Å²) in [5.41, 5.74) is 3.59. The highest BCUT2D eigenvalue weighted by atomic mass is 16.5. The predicted molar refractivity (Wildman–Crippen MR) is 77.0 cm³/mol. The number of aliphatic hydroxyl groups excluding tert-OH is 1. The van der Waals surface area contributed by atoms with Gasteiger partial charge in [-0.3, -0.25) is 4.98 Å². The normalized spacial score (nSPS) is 10.4. The number of methoxy groups -OCH3 is 1. The van der Waals surface area contributed by atoms with Gasteiger partial charge in [0.2, 0.25) is 0 Å². The lowest BCUT2D eigenvalue weighted by molar-refractivity contribution is 0.257. The fourth-order valence-electron chi connectivity index (χ4n) is 2.14. The molecule has 4 nitrogen and oxygen atoms in total. The monoisotopic (exact) mass is 273 g/mol. The molecule has 0 saturated heterocycles. The number of rotatable bonds is 5. The van der Waals surface area contributed by atoms with Crippen LogP contribution in [0.5, 0.6) is 11.5 Å². The first-order valence-corrected chi connectivity index (χ1v) is 6.48. The minimum absolute atomic E-state index is 0.0419. The number of aryl methyl sites for hydroxylation is 1. The molecule has 0 aliphatic carbocycles. The van der Waals surface area contributed by atoms with E-state index in [1.807, 2.05) is 38.1 Å². The summed E-state index contributed by atoms with van der Waals surface area (Å²) in [6.07, 6.45) is 1.78. The van der Waals surface area contributed by atoms with E-state index >= 15 is 0 Å². The van der Waals surface area contributed by atoms with Crippen LogP contribution in [0.4, 0.5) is 0 Å². The molecule has 2 rings (SSSR count). The van der Waals surface area contributed by atoms with Gasteiger partial charge in [-0.1, -0.05) is 18.2 Å². The minimum Gasteiger partial charge on any atom is -0.496 e. The fourth-order valence-corrected chi connectivity index (χ4v) is 2.14. The second kappa shape index (κ2) is 6.39. The van der Waals surface area contributed by atoms with Crippen molar-refractivity contribution in [3.05, 3.63) is 52.8 Å². The third-order valence-corrected chi connectivity index (χ3v) is 3.26. The van der Waals surface area contributed by atoms with Crippen molar-refractivity contribution in [1.82, 2.24) is 4.98 Å². The average molecular weight is 273 g/mol. The standard InChI is InChI=1S/C16H19NO3/c1-11-8-17-14(12(2)16(11)19-3)10-20-15-7-5-4-6-13(15)9-18/h4-8,18H,9-10H2,1-3H3. The zero-order valence-electron chi connectivity index (χ0n) is 12.0. The fraction of sp³-hybridized carbons (Fsp3) is 0.312. The molecule has 0 saturated carbocycles. The lowest BCUT2D eigenvalue weighted by Crippen LogP contribution is -2.05. The molecule has 0 amide bonds. The van der Waals surface area contributed by atoms with E-state index in [-0.39, 0.29) is 6.61 Å². The topological polar surface area (TPSA) is 51.6 Å². The van der Waals surface area contributed by atoms with Crippen molar-refractivity contribution in [1.29, 1.82) is 0 Å². The molecule has 0 bridgehead atoms. The molecule has 0 aliphatic heterocycles. The van der Waals surface area contributed by atoms with Crippen molar-refractivity contribution in [2.75, 3.05) is 7.11 Å². The summed E-state index contributed by atoms with van der Waals surface area (Å²) in [6, 6.07) is 7.43. The van der Waals surface area contributed by atoms with Crippen LogP contribution in [0.2, 0.25) is 0 Å². The van der Waals surface area contributed by atoms with Crippen molar-refractivity contribution < 1.29 is 14.6 Å². The second-order valence-corrected chi connectivity index (χ2v) is 4.60. The number of aliphatic hydroxyl groups is 1. The number of benzene rings is 1. The molecule has 0 fully saturated rings. The molecular formula is C16H19NO3. The number of para-hydroxylation sites is 1. The van der Waals surface area contributed by atoms with E-state index < -0.39 is 0 Å². The molecule has 1 aromatic carbocycles. The largest absolute Gasteiger partial charge is 0.496 e. The van der Waals surface area contributed by atoms with Crippen LogP contribution in [0, 0.1) is 13.8 Å². The summed E-state index contributed by atoms with van der Waals surface area (Å²) in [6.45, 7) is 4.24. The van der Waals surface area contributed by atoms with Crippen LogP contribution in [0.25, 0.3) is 0 Å². The Bertz CT molecular complexity index is 596. The molecule has 0 atom stereocenters. The molecule has 106 valence electrons. The number of hydrogen-bond acceptors (Lipinski definition) is 4. The lowest BCUT2D eigenvalue weighted by atomic mass is 10.1. The van der Waals surface area contributed by atoms with Crippen LogP contribution in [0.3, 0.4) is 0 Å². The van der Waals surface area contributed by atoms with Crippen LogP contribution >= 0.6 is 0 Å². The Morgan fingerprint density at radius 1 is 1.20 bits per heavy atom. The van der Waals surface area contributed by atoms with Gasteiger partial charge in [0, 0.05) is 22.9 Å². The first-order chi connectivity index (χ1) is 9.67. The Morgan fingerprint density at radius 2 is 1.95 bits per heavy atom. The number of pyridine rings is 1. The lowest BCUT2D eigenvalue weighted by Gasteiger charge is -2.14. The molecule has 0 unspecified atom stereocenters. The Hall–Kier alpha value is -2.07. The summed E-state index contributed by atoms with van der Waals surface area (Å²) in [5, 5.41) is 9.27.